The molecule has 1 aromatic rings. The van der Waals surface area contributed by atoms with Crippen LogP contribution in [0.4, 0.5) is 5.69 Å². The Bertz CT molecular complexity index is 359. The molecule has 0 aliphatic rings. The van der Waals surface area contributed by atoms with Crippen molar-refractivity contribution in [1.82, 2.24) is 4.98 Å². The molecule has 0 bridgehead atoms. The Hall–Kier alpha value is -0.800. The van der Waals surface area contributed by atoms with E-state index >= 15 is 0 Å². The maximum atomic E-state index is 6.07. The van der Waals surface area contributed by atoms with Crippen molar-refractivity contribution in [3.63, 3.8) is 0 Å². The van der Waals surface area contributed by atoms with Crippen LogP contribution in [0.3, 0.4) is 0 Å². The van der Waals surface area contributed by atoms with Gasteiger partial charge in [0.15, 0.2) is 5.15 Å². The third kappa shape index (κ3) is 4.17. The average molecular weight is 257 g/mol. The fourth-order valence-electron chi connectivity index (χ4n) is 1.82. The number of aromatic nitrogens is 1. The van der Waals surface area contributed by atoms with Crippen molar-refractivity contribution in [3.8, 4) is 0 Å². The summed E-state index contributed by atoms with van der Waals surface area (Å²) >= 11 is 6.07. The van der Waals surface area contributed by atoms with Gasteiger partial charge in [0.25, 0.3) is 0 Å². The molecule has 0 aliphatic carbocycles. The normalized spacial score (nSPS) is 13.5. The molecule has 1 atom stereocenters. The molecular weight excluding hydrogens is 236 g/mol. The lowest BCUT2D eigenvalue weighted by Gasteiger charge is -2.28. The molecule has 3 nitrogen and oxygen atoms in total. The molecule has 1 unspecified atom stereocenters. The molecule has 0 amide bonds. The van der Waals surface area contributed by atoms with Crippen LogP contribution in [0.15, 0.2) is 12.3 Å². The first-order valence-electron chi connectivity index (χ1n) is 5.78. The number of nitrogens with zero attached hydrogens (tertiary/aromatic N) is 1. The predicted octanol–water partition coefficient (Wildman–Crippen LogP) is 3.66. The van der Waals surface area contributed by atoms with Crippen molar-refractivity contribution in [1.29, 1.82) is 0 Å². The molecule has 4 heteroatoms. The Kier molecular flexibility index (Phi) is 4.78. The number of anilines is 1. The SMILES string of the molecule is COC(C)(C)CC(C)Nc1c(C)ccnc1Cl. The fraction of sp³-hybridized carbons (Fsp3) is 0.615. The van der Waals surface area contributed by atoms with Gasteiger partial charge in [0.2, 0.25) is 0 Å². The number of halogens is 1. The summed E-state index contributed by atoms with van der Waals surface area (Å²) in [6, 6.07) is 2.22. The number of hydrogen-bond acceptors (Lipinski definition) is 3. The van der Waals surface area contributed by atoms with Gasteiger partial charge in [-0.3, -0.25) is 0 Å². The number of methoxy groups -OCH3 is 1. The van der Waals surface area contributed by atoms with E-state index in [9.17, 15) is 0 Å². The van der Waals surface area contributed by atoms with E-state index in [0.717, 1.165) is 17.7 Å². The Balaban J connectivity index is 2.72. The molecule has 96 valence electrons. The molecule has 0 fully saturated rings. The summed E-state index contributed by atoms with van der Waals surface area (Å²) in [5, 5.41) is 3.91. The standard InChI is InChI=1S/C13H21ClN2O/c1-9-6-7-15-12(14)11(9)16-10(2)8-13(3,4)17-5/h6-7,10,16H,8H2,1-5H3. The van der Waals surface area contributed by atoms with Crippen LogP contribution in [0.5, 0.6) is 0 Å². The van der Waals surface area contributed by atoms with E-state index in [-0.39, 0.29) is 11.6 Å². The van der Waals surface area contributed by atoms with Crippen LogP contribution in [-0.4, -0.2) is 23.7 Å². The minimum absolute atomic E-state index is 0.144. The van der Waals surface area contributed by atoms with Crippen LogP contribution in [0, 0.1) is 6.92 Å². The van der Waals surface area contributed by atoms with Crippen LogP contribution in [0.2, 0.25) is 5.15 Å². The van der Waals surface area contributed by atoms with Crippen LogP contribution in [-0.2, 0) is 4.74 Å². The van der Waals surface area contributed by atoms with Gasteiger partial charge in [-0.25, -0.2) is 4.98 Å². The topological polar surface area (TPSA) is 34.1 Å². The van der Waals surface area contributed by atoms with Gasteiger partial charge in [0, 0.05) is 19.3 Å². The zero-order valence-electron chi connectivity index (χ0n) is 11.2. The third-order valence-corrected chi connectivity index (χ3v) is 3.14. The van der Waals surface area contributed by atoms with Gasteiger partial charge < -0.3 is 10.1 Å². The first-order valence-corrected chi connectivity index (χ1v) is 6.16. The Morgan fingerprint density at radius 3 is 2.71 bits per heavy atom. The number of aryl methyl sites for hydroxylation is 1. The van der Waals surface area contributed by atoms with Crippen molar-refractivity contribution in [2.75, 3.05) is 12.4 Å². The van der Waals surface area contributed by atoms with Crippen LogP contribution in [0.25, 0.3) is 0 Å². The van der Waals surface area contributed by atoms with E-state index in [0.29, 0.717) is 5.15 Å². The van der Waals surface area contributed by atoms with Gasteiger partial charge in [-0.1, -0.05) is 11.6 Å². The summed E-state index contributed by atoms with van der Waals surface area (Å²) in [4.78, 5) is 4.08. The second kappa shape index (κ2) is 5.69. The minimum atomic E-state index is -0.144. The third-order valence-electron chi connectivity index (χ3n) is 2.85. The first kappa shape index (κ1) is 14.3. The van der Waals surface area contributed by atoms with Crippen molar-refractivity contribution in [3.05, 3.63) is 23.0 Å². The maximum absolute atomic E-state index is 6.07. The summed E-state index contributed by atoms with van der Waals surface area (Å²) in [5.41, 5.74) is 1.87. The summed E-state index contributed by atoms with van der Waals surface area (Å²) in [5.74, 6) is 0. The van der Waals surface area contributed by atoms with Gasteiger partial charge in [-0.2, -0.15) is 0 Å². The van der Waals surface area contributed by atoms with E-state index in [4.69, 9.17) is 16.3 Å². The van der Waals surface area contributed by atoms with Crippen molar-refractivity contribution in [2.45, 2.75) is 45.8 Å². The lowest BCUT2D eigenvalue weighted by molar-refractivity contribution is 0.0128. The molecule has 0 saturated heterocycles. The maximum Gasteiger partial charge on any atom is 0.152 e. The number of hydrogen-bond donors (Lipinski definition) is 1. The molecule has 1 N–H and O–H groups in total. The first-order chi connectivity index (χ1) is 7.85. The lowest BCUT2D eigenvalue weighted by atomic mass is 9.99. The number of nitrogens with one attached hydrogen (secondary N) is 1. The summed E-state index contributed by atoms with van der Waals surface area (Å²) in [7, 11) is 1.73. The highest BCUT2D eigenvalue weighted by molar-refractivity contribution is 6.32. The molecule has 1 rings (SSSR count). The average Bonchev–Trinajstić information content (AvgIpc) is 2.23. The van der Waals surface area contributed by atoms with Crippen molar-refractivity contribution in [2.24, 2.45) is 0 Å². The van der Waals surface area contributed by atoms with Crippen LogP contribution in [0.1, 0.15) is 32.8 Å². The Morgan fingerprint density at radius 1 is 1.53 bits per heavy atom. The number of pyridine rings is 1. The molecule has 0 spiro atoms. The van der Waals surface area contributed by atoms with E-state index in [1.54, 1.807) is 13.3 Å². The summed E-state index contributed by atoms with van der Waals surface area (Å²) in [6.45, 7) is 8.28. The van der Waals surface area contributed by atoms with E-state index in [1.165, 1.54) is 0 Å². The highest BCUT2D eigenvalue weighted by Gasteiger charge is 2.20. The van der Waals surface area contributed by atoms with Crippen LogP contribution < -0.4 is 5.32 Å². The zero-order valence-corrected chi connectivity index (χ0v) is 11.9. The molecule has 0 aromatic carbocycles. The van der Waals surface area contributed by atoms with Gasteiger partial charge in [-0.15, -0.1) is 0 Å². The number of ether oxygens (including phenoxy) is 1. The summed E-state index contributed by atoms with van der Waals surface area (Å²) < 4.78 is 5.42. The highest BCUT2D eigenvalue weighted by atomic mass is 35.5. The Morgan fingerprint density at radius 2 is 2.18 bits per heavy atom. The van der Waals surface area contributed by atoms with Crippen LogP contribution >= 0.6 is 11.6 Å². The zero-order chi connectivity index (χ0) is 13.1. The summed E-state index contributed by atoms with van der Waals surface area (Å²) in [6.07, 6.45) is 2.61. The van der Waals surface area contributed by atoms with Gasteiger partial charge in [0.05, 0.1) is 11.3 Å². The molecule has 0 aliphatic heterocycles. The molecule has 0 saturated carbocycles. The van der Waals surface area contributed by atoms with Gasteiger partial charge in [0.1, 0.15) is 0 Å². The quantitative estimate of drug-likeness (QED) is 0.817. The fourth-order valence-corrected chi connectivity index (χ4v) is 2.08. The highest BCUT2D eigenvalue weighted by Crippen LogP contribution is 2.25. The van der Waals surface area contributed by atoms with E-state index in [1.807, 2.05) is 13.0 Å². The monoisotopic (exact) mass is 256 g/mol. The van der Waals surface area contributed by atoms with Crippen molar-refractivity contribution >= 4 is 17.3 Å². The smallest absolute Gasteiger partial charge is 0.152 e. The van der Waals surface area contributed by atoms with Gasteiger partial charge >= 0.3 is 0 Å². The molecular formula is C13H21ClN2O. The molecule has 0 radical (unpaired) electrons. The Labute approximate surface area is 109 Å². The lowest BCUT2D eigenvalue weighted by Crippen LogP contribution is -2.31. The van der Waals surface area contributed by atoms with Crippen molar-refractivity contribution < 1.29 is 4.74 Å². The van der Waals surface area contributed by atoms with Gasteiger partial charge in [-0.05, 0) is 45.7 Å². The molecule has 17 heavy (non-hydrogen) atoms. The minimum Gasteiger partial charge on any atom is -0.380 e. The van der Waals surface area contributed by atoms with E-state index in [2.05, 4.69) is 31.1 Å². The number of rotatable bonds is 5. The molecule has 1 heterocycles. The van der Waals surface area contributed by atoms with E-state index < -0.39 is 0 Å². The second-order valence-electron chi connectivity index (χ2n) is 5.01. The predicted molar refractivity (Wildman–Crippen MR) is 72.8 cm³/mol. The second-order valence-corrected chi connectivity index (χ2v) is 5.36. The largest absolute Gasteiger partial charge is 0.380 e. The molecule has 1 aromatic heterocycles.